The molecule has 1 saturated heterocycles. The highest BCUT2D eigenvalue weighted by atomic mass is 16.2. The van der Waals surface area contributed by atoms with Gasteiger partial charge in [-0.3, -0.25) is 14.5 Å². The molecule has 3 N–H and O–H groups in total. The van der Waals surface area contributed by atoms with E-state index in [0.717, 1.165) is 38.8 Å². The van der Waals surface area contributed by atoms with Crippen LogP contribution in [0.3, 0.4) is 0 Å². The fourth-order valence-electron chi connectivity index (χ4n) is 2.58. The molecule has 7 heteroatoms. The number of imidazole rings is 1. The van der Waals surface area contributed by atoms with Gasteiger partial charge in [0.2, 0.25) is 5.91 Å². The largest absolute Gasteiger partial charge is 0.352 e. The van der Waals surface area contributed by atoms with Crippen LogP contribution in [0, 0.1) is 0 Å². The maximum atomic E-state index is 11.9. The molecule has 1 aliphatic heterocycles. The molecule has 0 unspecified atom stereocenters. The Labute approximate surface area is 123 Å². The zero-order valence-corrected chi connectivity index (χ0v) is 12.0. The summed E-state index contributed by atoms with van der Waals surface area (Å²) in [5, 5.41) is 6.00. The molecule has 0 radical (unpaired) electrons. The minimum Gasteiger partial charge on any atom is -0.352 e. The van der Waals surface area contributed by atoms with E-state index in [1.165, 1.54) is 12.5 Å². The van der Waals surface area contributed by atoms with Gasteiger partial charge in [0.05, 0.1) is 19.1 Å². The van der Waals surface area contributed by atoms with E-state index in [1.54, 1.807) is 0 Å². The summed E-state index contributed by atoms with van der Waals surface area (Å²) in [5.74, 6) is 0.00914. The maximum Gasteiger partial charge on any atom is 0.269 e. The van der Waals surface area contributed by atoms with E-state index in [1.807, 2.05) is 0 Å². The molecule has 1 aromatic heterocycles. The Bertz CT molecular complexity index is 489. The van der Waals surface area contributed by atoms with Gasteiger partial charge >= 0.3 is 0 Å². The third-order valence-corrected chi connectivity index (χ3v) is 3.98. The zero-order chi connectivity index (χ0) is 14.7. The quantitative estimate of drug-likeness (QED) is 0.705. The van der Waals surface area contributed by atoms with Crippen LogP contribution in [0.15, 0.2) is 12.5 Å². The summed E-state index contributed by atoms with van der Waals surface area (Å²) in [5.41, 5.74) is 0.487. The summed E-state index contributed by atoms with van der Waals surface area (Å²) in [6.07, 6.45) is 7.00. The number of nitrogens with zero attached hydrogens (tertiary/aromatic N) is 2. The summed E-state index contributed by atoms with van der Waals surface area (Å²) >= 11 is 0. The van der Waals surface area contributed by atoms with Crippen LogP contribution in [0.1, 0.15) is 36.2 Å². The Kier molecular flexibility index (Phi) is 4.19. The van der Waals surface area contributed by atoms with Gasteiger partial charge in [0.15, 0.2) is 0 Å². The van der Waals surface area contributed by atoms with Crippen LogP contribution >= 0.6 is 0 Å². The van der Waals surface area contributed by atoms with Crippen molar-refractivity contribution in [2.75, 3.05) is 19.6 Å². The molecule has 2 amide bonds. The molecular formula is C14H21N5O2. The first-order valence-corrected chi connectivity index (χ1v) is 7.51. The molecule has 1 saturated carbocycles. The first kappa shape index (κ1) is 14.1. The average Bonchev–Trinajstić information content (AvgIpc) is 3.10. The lowest BCUT2D eigenvalue weighted by Crippen LogP contribution is -2.47. The van der Waals surface area contributed by atoms with Gasteiger partial charge in [-0.2, -0.15) is 0 Å². The van der Waals surface area contributed by atoms with E-state index in [9.17, 15) is 9.59 Å². The number of rotatable bonds is 5. The van der Waals surface area contributed by atoms with Crippen molar-refractivity contribution in [3.63, 3.8) is 0 Å². The topological polar surface area (TPSA) is 90.1 Å². The van der Waals surface area contributed by atoms with Crippen molar-refractivity contribution in [2.45, 2.75) is 37.8 Å². The van der Waals surface area contributed by atoms with Crippen molar-refractivity contribution in [1.29, 1.82) is 0 Å². The van der Waals surface area contributed by atoms with Gasteiger partial charge in [-0.1, -0.05) is 0 Å². The second-order valence-corrected chi connectivity index (χ2v) is 5.83. The smallest absolute Gasteiger partial charge is 0.269 e. The van der Waals surface area contributed by atoms with Gasteiger partial charge in [-0.25, -0.2) is 4.98 Å². The molecule has 21 heavy (non-hydrogen) atoms. The second kappa shape index (κ2) is 6.26. The number of piperidine rings is 1. The molecule has 114 valence electrons. The number of hydrogen-bond acceptors (Lipinski definition) is 4. The van der Waals surface area contributed by atoms with E-state index >= 15 is 0 Å². The maximum absolute atomic E-state index is 11.9. The summed E-state index contributed by atoms with van der Waals surface area (Å²) in [6.45, 7) is 2.15. The number of amides is 2. The first-order valence-electron chi connectivity index (χ1n) is 7.51. The minimum atomic E-state index is -0.113. The van der Waals surface area contributed by atoms with E-state index in [0.29, 0.717) is 18.3 Å². The highest BCUT2D eigenvalue weighted by Crippen LogP contribution is 2.18. The normalized spacial score (nSPS) is 20.2. The second-order valence-electron chi connectivity index (χ2n) is 5.83. The Morgan fingerprint density at radius 1 is 1.19 bits per heavy atom. The first-order chi connectivity index (χ1) is 10.2. The number of H-pyrrole nitrogens is 1. The van der Waals surface area contributed by atoms with Crippen LogP contribution in [-0.4, -0.2) is 58.4 Å². The average molecular weight is 291 g/mol. The highest BCUT2D eigenvalue weighted by Gasteiger charge is 2.26. The van der Waals surface area contributed by atoms with Crippen molar-refractivity contribution in [3.8, 4) is 0 Å². The fourth-order valence-corrected chi connectivity index (χ4v) is 2.58. The Hall–Kier alpha value is -1.89. The SMILES string of the molecule is O=C(CN1CCC(NC(=O)c2cnc[nH]2)CC1)NC1CC1. The number of aromatic nitrogens is 2. The lowest BCUT2D eigenvalue weighted by molar-refractivity contribution is -0.122. The van der Waals surface area contributed by atoms with Gasteiger partial charge in [-0.05, 0) is 25.7 Å². The monoisotopic (exact) mass is 291 g/mol. The van der Waals surface area contributed by atoms with Crippen LogP contribution in [0.4, 0.5) is 0 Å². The van der Waals surface area contributed by atoms with Crippen molar-refractivity contribution < 1.29 is 9.59 Å². The van der Waals surface area contributed by atoms with Crippen molar-refractivity contribution >= 4 is 11.8 Å². The molecule has 1 aromatic rings. The predicted octanol–water partition coefficient (Wildman–Crippen LogP) is -0.117. The van der Waals surface area contributed by atoms with E-state index in [4.69, 9.17) is 0 Å². The van der Waals surface area contributed by atoms with Crippen LogP contribution in [0.2, 0.25) is 0 Å². The van der Waals surface area contributed by atoms with Crippen LogP contribution in [0.25, 0.3) is 0 Å². The van der Waals surface area contributed by atoms with Crippen molar-refractivity contribution in [3.05, 3.63) is 18.2 Å². The molecule has 0 aromatic carbocycles. The van der Waals surface area contributed by atoms with Gasteiger partial charge in [0.25, 0.3) is 5.91 Å². The molecule has 1 aliphatic carbocycles. The Balaban J connectivity index is 1.38. The standard InChI is InChI=1S/C14H21N5O2/c20-13(17-10-1-2-10)8-19-5-3-11(4-6-19)18-14(21)12-7-15-9-16-12/h7,9-11H,1-6,8H2,(H,15,16)(H,17,20)(H,18,21). The lowest BCUT2D eigenvalue weighted by atomic mass is 10.0. The number of likely N-dealkylation sites (tertiary alicyclic amines) is 1. The van der Waals surface area contributed by atoms with Crippen LogP contribution < -0.4 is 10.6 Å². The summed E-state index contributed by atoms with van der Waals surface area (Å²) < 4.78 is 0. The summed E-state index contributed by atoms with van der Waals surface area (Å²) in [7, 11) is 0. The van der Waals surface area contributed by atoms with Crippen molar-refractivity contribution in [1.82, 2.24) is 25.5 Å². The van der Waals surface area contributed by atoms with E-state index < -0.39 is 0 Å². The predicted molar refractivity (Wildman–Crippen MR) is 76.7 cm³/mol. The number of carbonyl (C=O) groups is 2. The van der Waals surface area contributed by atoms with E-state index in [-0.39, 0.29) is 17.9 Å². The molecule has 2 heterocycles. The van der Waals surface area contributed by atoms with Crippen molar-refractivity contribution in [2.24, 2.45) is 0 Å². The Morgan fingerprint density at radius 2 is 1.90 bits per heavy atom. The van der Waals surface area contributed by atoms with Crippen LogP contribution in [0.5, 0.6) is 0 Å². The highest BCUT2D eigenvalue weighted by molar-refractivity contribution is 5.92. The Morgan fingerprint density at radius 3 is 2.52 bits per heavy atom. The lowest BCUT2D eigenvalue weighted by Gasteiger charge is -2.31. The third-order valence-electron chi connectivity index (χ3n) is 3.98. The summed E-state index contributed by atoms with van der Waals surface area (Å²) in [6, 6.07) is 0.590. The van der Waals surface area contributed by atoms with E-state index in [2.05, 4.69) is 25.5 Å². The molecule has 0 spiro atoms. The fraction of sp³-hybridized carbons (Fsp3) is 0.643. The minimum absolute atomic E-state index is 0.113. The van der Waals surface area contributed by atoms with Crippen LogP contribution in [-0.2, 0) is 4.79 Å². The van der Waals surface area contributed by atoms with Gasteiger partial charge < -0.3 is 15.6 Å². The molecule has 0 atom stereocenters. The number of nitrogens with one attached hydrogen (secondary N) is 3. The van der Waals surface area contributed by atoms with Gasteiger partial charge in [0.1, 0.15) is 5.69 Å². The van der Waals surface area contributed by atoms with Gasteiger partial charge in [-0.15, -0.1) is 0 Å². The molecule has 2 aliphatic rings. The number of hydrogen-bond donors (Lipinski definition) is 3. The molecule has 3 rings (SSSR count). The third kappa shape index (κ3) is 4.04. The molecule has 7 nitrogen and oxygen atoms in total. The van der Waals surface area contributed by atoms with Gasteiger partial charge in [0, 0.05) is 25.2 Å². The number of carbonyl (C=O) groups excluding carboxylic acids is 2. The molecular weight excluding hydrogens is 270 g/mol. The molecule has 0 bridgehead atoms. The molecule has 2 fully saturated rings. The summed E-state index contributed by atoms with van der Waals surface area (Å²) in [4.78, 5) is 32.4. The zero-order valence-electron chi connectivity index (χ0n) is 12.0. The number of aromatic amines is 1.